The molecule has 0 bridgehead atoms. The first-order valence-electron chi connectivity index (χ1n) is 6.31. The van der Waals surface area contributed by atoms with Crippen LogP contribution in [0.25, 0.3) is 0 Å². The second-order valence-corrected chi connectivity index (χ2v) is 4.81. The molecule has 0 unspecified atom stereocenters. The number of nitro benzene ring substituents is 1. The maximum Gasteiger partial charge on any atom is 0.326 e. The van der Waals surface area contributed by atoms with Gasteiger partial charge in [-0.2, -0.15) is 0 Å². The summed E-state index contributed by atoms with van der Waals surface area (Å²) >= 11 is 0. The predicted molar refractivity (Wildman–Crippen MR) is 74.7 cm³/mol. The first-order chi connectivity index (χ1) is 9.81. The van der Waals surface area contributed by atoms with Crippen molar-refractivity contribution < 1.29 is 19.6 Å². The molecule has 1 rings (SSSR count). The SMILES string of the molecule is CC(C)[C@@H](NC(=O)NCc1ccc([N+](=O)[O-])cc1)C(=O)O. The van der Waals surface area contributed by atoms with Crippen LogP contribution in [0.1, 0.15) is 19.4 Å². The van der Waals surface area contributed by atoms with Crippen LogP contribution in [0, 0.1) is 16.0 Å². The summed E-state index contributed by atoms with van der Waals surface area (Å²) in [6, 6.07) is 4.15. The van der Waals surface area contributed by atoms with Crippen molar-refractivity contribution in [1.29, 1.82) is 0 Å². The fraction of sp³-hybridized carbons (Fsp3) is 0.385. The molecule has 0 radical (unpaired) electrons. The summed E-state index contributed by atoms with van der Waals surface area (Å²) in [4.78, 5) is 32.6. The second kappa shape index (κ2) is 7.22. The molecule has 0 spiro atoms. The minimum absolute atomic E-state index is 0.0334. The van der Waals surface area contributed by atoms with Crippen molar-refractivity contribution in [2.45, 2.75) is 26.4 Å². The Kier molecular flexibility index (Phi) is 5.65. The summed E-state index contributed by atoms with van der Waals surface area (Å²) in [6.45, 7) is 3.53. The molecule has 21 heavy (non-hydrogen) atoms. The lowest BCUT2D eigenvalue weighted by Crippen LogP contribution is -2.48. The molecule has 0 aliphatic heterocycles. The first-order valence-corrected chi connectivity index (χ1v) is 6.31. The van der Waals surface area contributed by atoms with Crippen LogP contribution in [-0.2, 0) is 11.3 Å². The predicted octanol–water partition coefficient (Wildman–Crippen LogP) is 1.50. The van der Waals surface area contributed by atoms with Gasteiger partial charge in [-0.1, -0.05) is 26.0 Å². The van der Waals surface area contributed by atoms with Crippen molar-refractivity contribution in [3.63, 3.8) is 0 Å². The Labute approximate surface area is 121 Å². The van der Waals surface area contributed by atoms with E-state index in [0.717, 1.165) is 0 Å². The van der Waals surface area contributed by atoms with Gasteiger partial charge in [-0.15, -0.1) is 0 Å². The first kappa shape index (κ1) is 16.4. The summed E-state index contributed by atoms with van der Waals surface area (Å²) < 4.78 is 0. The van der Waals surface area contributed by atoms with E-state index in [1.807, 2.05) is 0 Å². The average Bonchev–Trinajstić information content (AvgIpc) is 2.42. The third-order valence-electron chi connectivity index (χ3n) is 2.82. The largest absolute Gasteiger partial charge is 0.480 e. The number of nitro groups is 1. The van der Waals surface area contributed by atoms with Gasteiger partial charge in [-0.25, -0.2) is 9.59 Å². The zero-order chi connectivity index (χ0) is 16.0. The number of nitrogens with zero attached hydrogens (tertiary/aromatic N) is 1. The van der Waals surface area contributed by atoms with Crippen LogP contribution in [0.2, 0.25) is 0 Å². The van der Waals surface area contributed by atoms with Crippen LogP contribution in [0.5, 0.6) is 0 Å². The summed E-state index contributed by atoms with van der Waals surface area (Å²) in [6.07, 6.45) is 0. The number of hydrogen-bond acceptors (Lipinski definition) is 4. The summed E-state index contributed by atoms with van der Waals surface area (Å²) in [5.74, 6) is -1.34. The van der Waals surface area contributed by atoms with Gasteiger partial charge < -0.3 is 15.7 Å². The highest BCUT2D eigenvalue weighted by atomic mass is 16.6. The molecule has 0 fully saturated rings. The molecule has 2 amide bonds. The van der Waals surface area contributed by atoms with E-state index >= 15 is 0 Å². The summed E-state index contributed by atoms with van der Waals surface area (Å²) in [7, 11) is 0. The lowest BCUT2D eigenvalue weighted by molar-refractivity contribution is -0.384. The Morgan fingerprint density at radius 2 is 1.86 bits per heavy atom. The van der Waals surface area contributed by atoms with E-state index in [9.17, 15) is 19.7 Å². The Morgan fingerprint density at radius 3 is 2.29 bits per heavy atom. The number of carboxylic acid groups (broad SMARTS) is 1. The van der Waals surface area contributed by atoms with Crippen LogP contribution in [0.4, 0.5) is 10.5 Å². The van der Waals surface area contributed by atoms with Crippen molar-refractivity contribution in [2.75, 3.05) is 0 Å². The van der Waals surface area contributed by atoms with E-state index in [-0.39, 0.29) is 18.2 Å². The summed E-state index contributed by atoms with van der Waals surface area (Å²) in [5.41, 5.74) is 0.640. The normalized spacial score (nSPS) is 11.8. The molecular weight excluding hydrogens is 278 g/mol. The maximum atomic E-state index is 11.6. The van der Waals surface area contributed by atoms with E-state index < -0.39 is 23.0 Å². The molecule has 0 aromatic heterocycles. The highest BCUT2D eigenvalue weighted by Gasteiger charge is 2.23. The minimum Gasteiger partial charge on any atom is -0.480 e. The van der Waals surface area contributed by atoms with Crippen LogP contribution in [0.15, 0.2) is 24.3 Å². The highest BCUT2D eigenvalue weighted by molar-refractivity contribution is 5.82. The van der Waals surface area contributed by atoms with Gasteiger partial charge in [0.25, 0.3) is 5.69 Å². The van der Waals surface area contributed by atoms with Gasteiger partial charge in [-0.05, 0) is 11.5 Å². The minimum atomic E-state index is -1.10. The molecule has 3 N–H and O–H groups in total. The molecule has 1 atom stereocenters. The zero-order valence-corrected chi connectivity index (χ0v) is 11.7. The van der Waals surface area contributed by atoms with E-state index in [4.69, 9.17) is 5.11 Å². The molecule has 0 heterocycles. The lowest BCUT2D eigenvalue weighted by atomic mass is 10.1. The van der Waals surface area contributed by atoms with E-state index in [2.05, 4.69) is 10.6 Å². The molecule has 8 nitrogen and oxygen atoms in total. The van der Waals surface area contributed by atoms with Crippen LogP contribution in [-0.4, -0.2) is 28.1 Å². The molecule has 114 valence electrons. The maximum absolute atomic E-state index is 11.6. The number of rotatable bonds is 6. The number of nitrogens with one attached hydrogen (secondary N) is 2. The van der Waals surface area contributed by atoms with Gasteiger partial charge in [0.1, 0.15) is 6.04 Å². The van der Waals surface area contributed by atoms with Gasteiger partial charge in [0, 0.05) is 18.7 Å². The van der Waals surface area contributed by atoms with Crippen molar-refractivity contribution >= 4 is 17.7 Å². The number of aliphatic carboxylic acids is 1. The van der Waals surface area contributed by atoms with Crippen molar-refractivity contribution in [2.24, 2.45) is 5.92 Å². The van der Waals surface area contributed by atoms with Crippen LogP contribution >= 0.6 is 0 Å². The topological polar surface area (TPSA) is 122 Å². The Morgan fingerprint density at radius 1 is 1.29 bits per heavy atom. The summed E-state index contributed by atoms with van der Waals surface area (Å²) in [5, 5.41) is 24.3. The monoisotopic (exact) mass is 295 g/mol. The number of carboxylic acids is 1. The van der Waals surface area contributed by atoms with Gasteiger partial charge in [0.15, 0.2) is 0 Å². The Balaban J connectivity index is 2.52. The van der Waals surface area contributed by atoms with Crippen LogP contribution in [0.3, 0.4) is 0 Å². The van der Waals surface area contributed by atoms with Crippen molar-refractivity contribution in [1.82, 2.24) is 10.6 Å². The smallest absolute Gasteiger partial charge is 0.326 e. The fourth-order valence-electron chi connectivity index (χ4n) is 1.62. The number of urea groups is 1. The van der Waals surface area contributed by atoms with Gasteiger partial charge in [0.2, 0.25) is 0 Å². The number of carbonyl (C=O) groups is 2. The quantitative estimate of drug-likeness (QED) is 0.542. The van der Waals surface area contributed by atoms with Crippen molar-refractivity contribution in [3.8, 4) is 0 Å². The highest BCUT2D eigenvalue weighted by Crippen LogP contribution is 2.11. The molecule has 0 saturated carbocycles. The number of benzene rings is 1. The Hall–Kier alpha value is -2.64. The van der Waals surface area contributed by atoms with Gasteiger partial charge in [-0.3, -0.25) is 10.1 Å². The number of amides is 2. The average molecular weight is 295 g/mol. The third kappa shape index (κ3) is 5.09. The van der Waals surface area contributed by atoms with E-state index in [1.165, 1.54) is 24.3 Å². The lowest BCUT2D eigenvalue weighted by Gasteiger charge is -2.18. The number of non-ortho nitro benzene ring substituents is 1. The molecule has 1 aromatic carbocycles. The Bertz CT molecular complexity index is 527. The van der Waals surface area contributed by atoms with Crippen molar-refractivity contribution in [3.05, 3.63) is 39.9 Å². The number of hydrogen-bond donors (Lipinski definition) is 3. The van der Waals surface area contributed by atoms with E-state index in [1.54, 1.807) is 13.8 Å². The standard InChI is InChI=1S/C13H17N3O5/c1-8(2)11(12(17)18)15-13(19)14-7-9-3-5-10(6-4-9)16(20)21/h3-6,8,11H,7H2,1-2H3,(H,17,18)(H2,14,15,19)/t11-/m1/s1. The number of carbonyl (C=O) groups excluding carboxylic acids is 1. The molecule has 0 aliphatic carbocycles. The fourth-order valence-corrected chi connectivity index (χ4v) is 1.62. The van der Waals surface area contributed by atoms with Gasteiger partial charge >= 0.3 is 12.0 Å². The zero-order valence-electron chi connectivity index (χ0n) is 11.7. The second-order valence-electron chi connectivity index (χ2n) is 4.81. The molecule has 0 saturated heterocycles. The molecule has 8 heteroatoms. The molecule has 1 aromatic rings. The molecular formula is C13H17N3O5. The van der Waals surface area contributed by atoms with Crippen LogP contribution < -0.4 is 10.6 Å². The van der Waals surface area contributed by atoms with Gasteiger partial charge in [0.05, 0.1) is 4.92 Å². The third-order valence-corrected chi connectivity index (χ3v) is 2.82. The molecule has 0 aliphatic rings. The van der Waals surface area contributed by atoms with E-state index in [0.29, 0.717) is 5.56 Å².